The number of carbonyl (C=O) groups excluding carboxylic acids is 2. The molecule has 0 bridgehead atoms. The third-order valence-electron chi connectivity index (χ3n) is 5.02. The second kappa shape index (κ2) is 8.85. The summed E-state index contributed by atoms with van der Waals surface area (Å²) in [4.78, 5) is 36.6. The zero-order valence-corrected chi connectivity index (χ0v) is 17.0. The van der Waals surface area contributed by atoms with Gasteiger partial charge in [-0.25, -0.2) is 9.18 Å². The number of ether oxygens (including phenoxy) is 1. The van der Waals surface area contributed by atoms with Crippen LogP contribution in [0.15, 0.2) is 27.4 Å². The van der Waals surface area contributed by atoms with E-state index in [0.717, 1.165) is 32.0 Å². The van der Waals surface area contributed by atoms with Crippen LogP contribution in [0.3, 0.4) is 0 Å². The van der Waals surface area contributed by atoms with E-state index in [2.05, 4.69) is 16.0 Å². The van der Waals surface area contributed by atoms with E-state index in [9.17, 15) is 18.8 Å². The fourth-order valence-electron chi connectivity index (χ4n) is 3.62. The van der Waals surface area contributed by atoms with Crippen LogP contribution in [0.1, 0.15) is 40.4 Å². The van der Waals surface area contributed by atoms with Crippen molar-refractivity contribution < 1.29 is 23.1 Å². The first-order valence-electron chi connectivity index (χ1n) is 9.35. The van der Waals surface area contributed by atoms with Crippen LogP contribution in [-0.2, 0) is 4.79 Å². The van der Waals surface area contributed by atoms with Gasteiger partial charge in [-0.3, -0.25) is 9.59 Å². The maximum absolute atomic E-state index is 14.2. The largest absolute Gasteiger partial charge is 0.478 e. The average Bonchev–Trinajstić information content (AvgIpc) is 2.67. The van der Waals surface area contributed by atoms with Crippen LogP contribution in [-0.4, -0.2) is 31.5 Å². The summed E-state index contributed by atoms with van der Waals surface area (Å²) in [7, 11) is 0. The van der Waals surface area contributed by atoms with Crippen molar-refractivity contribution in [1.29, 1.82) is 0 Å². The fourth-order valence-corrected chi connectivity index (χ4v) is 3.62. The smallest absolute Gasteiger partial charge is 0.349 e. The molecule has 8 nitrogen and oxygen atoms in total. The molecule has 1 aromatic heterocycles. The molecule has 1 unspecified atom stereocenters. The number of piperidine rings is 1. The van der Waals surface area contributed by atoms with E-state index in [4.69, 9.17) is 9.15 Å². The Hall–Kier alpha value is -2.91. The highest BCUT2D eigenvalue weighted by atomic mass is 35.5. The number of rotatable bonds is 3. The first-order chi connectivity index (χ1) is 13.9. The number of amides is 2. The predicted octanol–water partition coefficient (Wildman–Crippen LogP) is 2.56. The summed E-state index contributed by atoms with van der Waals surface area (Å²) >= 11 is 0. The fraction of sp³-hybridized carbons (Fsp3) is 0.350. The molecule has 1 saturated heterocycles. The minimum atomic E-state index is -0.738. The second-order valence-corrected chi connectivity index (χ2v) is 7.16. The van der Waals surface area contributed by atoms with Crippen molar-refractivity contribution in [3.63, 3.8) is 0 Å². The molecule has 3 N–H and O–H groups in total. The molecule has 4 rings (SSSR count). The molecular weight excluding hydrogens is 417 g/mol. The van der Waals surface area contributed by atoms with Gasteiger partial charge in [-0.2, -0.15) is 0 Å². The Morgan fingerprint density at radius 2 is 2.07 bits per heavy atom. The van der Waals surface area contributed by atoms with Gasteiger partial charge in [-0.15, -0.1) is 12.4 Å². The number of anilines is 2. The van der Waals surface area contributed by atoms with E-state index in [-0.39, 0.29) is 47.6 Å². The van der Waals surface area contributed by atoms with Crippen molar-refractivity contribution in [3.05, 3.63) is 51.3 Å². The minimum absolute atomic E-state index is 0. The first-order valence-corrected chi connectivity index (χ1v) is 9.35. The average molecular weight is 438 g/mol. The van der Waals surface area contributed by atoms with Gasteiger partial charge in [-0.1, -0.05) is 0 Å². The molecule has 2 aliphatic heterocycles. The van der Waals surface area contributed by atoms with Crippen LogP contribution in [0, 0.1) is 12.7 Å². The van der Waals surface area contributed by atoms with Gasteiger partial charge in [0.15, 0.2) is 18.2 Å². The van der Waals surface area contributed by atoms with Gasteiger partial charge in [0, 0.05) is 24.2 Å². The molecule has 1 atom stereocenters. The monoisotopic (exact) mass is 437 g/mol. The van der Waals surface area contributed by atoms with Gasteiger partial charge < -0.3 is 25.1 Å². The number of fused-ring (bicyclic) bond motifs is 1. The SMILES string of the molecule is Cc1cc(C2CCCNC2)oc(=O)c1C(=O)Nc1cc(F)c2c(c1)NC(=O)CO2.Cl. The number of carbonyl (C=O) groups is 2. The summed E-state index contributed by atoms with van der Waals surface area (Å²) in [5.41, 5.74) is -0.208. The predicted molar refractivity (Wildman–Crippen MR) is 110 cm³/mol. The summed E-state index contributed by atoms with van der Waals surface area (Å²) in [6.45, 7) is 3.03. The molecule has 2 amide bonds. The Balaban J connectivity index is 0.00000256. The van der Waals surface area contributed by atoms with Gasteiger partial charge in [0.05, 0.1) is 5.69 Å². The third-order valence-corrected chi connectivity index (χ3v) is 5.02. The molecule has 0 radical (unpaired) electrons. The number of halogens is 2. The highest BCUT2D eigenvalue weighted by Gasteiger charge is 2.24. The Kier molecular flexibility index (Phi) is 6.42. The summed E-state index contributed by atoms with van der Waals surface area (Å²) < 4.78 is 24.7. The minimum Gasteiger partial charge on any atom is -0.478 e. The highest BCUT2D eigenvalue weighted by Crippen LogP contribution is 2.34. The lowest BCUT2D eigenvalue weighted by atomic mass is 9.95. The van der Waals surface area contributed by atoms with Crippen molar-refractivity contribution in [2.75, 3.05) is 30.3 Å². The van der Waals surface area contributed by atoms with Gasteiger partial charge in [0.2, 0.25) is 0 Å². The molecule has 0 aliphatic carbocycles. The normalized spacial score (nSPS) is 17.8. The van der Waals surface area contributed by atoms with E-state index in [1.165, 1.54) is 6.07 Å². The van der Waals surface area contributed by atoms with E-state index < -0.39 is 23.3 Å². The molecular formula is C20H21ClFN3O5. The van der Waals surface area contributed by atoms with Crippen molar-refractivity contribution in [2.24, 2.45) is 0 Å². The van der Waals surface area contributed by atoms with Crippen LogP contribution in [0.25, 0.3) is 0 Å². The van der Waals surface area contributed by atoms with Crippen LogP contribution >= 0.6 is 12.4 Å². The van der Waals surface area contributed by atoms with Crippen LogP contribution < -0.4 is 26.3 Å². The third kappa shape index (κ3) is 4.31. The summed E-state index contributed by atoms with van der Waals surface area (Å²) in [6.07, 6.45) is 1.89. The van der Waals surface area contributed by atoms with Crippen molar-refractivity contribution in [2.45, 2.75) is 25.7 Å². The van der Waals surface area contributed by atoms with E-state index >= 15 is 0 Å². The maximum atomic E-state index is 14.2. The molecule has 160 valence electrons. The van der Waals surface area contributed by atoms with Crippen LogP contribution in [0.5, 0.6) is 5.75 Å². The molecule has 3 heterocycles. The molecule has 10 heteroatoms. The van der Waals surface area contributed by atoms with E-state index in [1.54, 1.807) is 13.0 Å². The van der Waals surface area contributed by atoms with Crippen LogP contribution in [0.2, 0.25) is 0 Å². The second-order valence-electron chi connectivity index (χ2n) is 7.16. The molecule has 2 aromatic rings. The standard InChI is InChI=1S/C20H20FN3O5.ClH/c1-10-5-15(11-3-2-4-22-8-11)29-20(27)17(10)19(26)23-12-6-13(21)18-14(7-12)24-16(25)9-28-18;/h5-7,11,22H,2-4,8-9H2,1H3,(H,23,26)(H,24,25);1H. The maximum Gasteiger partial charge on any atom is 0.349 e. The molecule has 0 saturated carbocycles. The zero-order chi connectivity index (χ0) is 20.5. The van der Waals surface area contributed by atoms with Gasteiger partial charge in [0.25, 0.3) is 11.8 Å². The Morgan fingerprint density at radius 3 is 2.77 bits per heavy atom. The molecule has 30 heavy (non-hydrogen) atoms. The first kappa shape index (κ1) is 21.8. The molecule has 1 fully saturated rings. The lowest BCUT2D eigenvalue weighted by Gasteiger charge is -2.22. The lowest BCUT2D eigenvalue weighted by molar-refractivity contribution is -0.118. The quantitative estimate of drug-likeness (QED) is 0.680. The summed E-state index contributed by atoms with van der Waals surface area (Å²) in [5, 5.41) is 8.22. The number of aryl methyl sites for hydroxylation is 1. The van der Waals surface area contributed by atoms with Gasteiger partial charge in [-0.05, 0) is 44.0 Å². The number of benzene rings is 1. The van der Waals surface area contributed by atoms with Gasteiger partial charge >= 0.3 is 5.63 Å². The topological polar surface area (TPSA) is 110 Å². The number of hydrogen-bond donors (Lipinski definition) is 3. The van der Waals surface area contributed by atoms with Crippen molar-refractivity contribution in [1.82, 2.24) is 5.32 Å². The van der Waals surface area contributed by atoms with Crippen molar-refractivity contribution >= 4 is 35.6 Å². The summed E-state index contributed by atoms with van der Waals surface area (Å²) in [6, 6.07) is 4.13. The van der Waals surface area contributed by atoms with Crippen LogP contribution in [0.4, 0.5) is 15.8 Å². The van der Waals surface area contributed by atoms with E-state index in [0.29, 0.717) is 11.3 Å². The van der Waals surface area contributed by atoms with Gasteiger partial charge in [0.1, 0.15) is 11.3 Å². The highest BCUT2D eigenvalue weighted by molar-refractivity contribution is 6.05. The van der Waals surface area contributed by atoms with Crippen molar-refractivity contribution in [3.8, 4) is 5.75 Å². The Morgan fingerprint density at radius 1 is 1.27 bits per heavy atom. The van der Waals surface area contributed by atoms with E-state index in [1.807, 2.05) is 0 Å². The zero-order valence-electron chi connectivity index (χ0n) is 16.2. The summed E-state index contributed by atoms with van der Waals surface area (Å²) in [5.74, 6) is -1.33. The number of hydrogen-bond acceptors (Lipinski definition) is 6. The molecule has 0 spiro atoms. The Labute approximate surface area is 177 Å². The number of nitrogens with one attached hydrogen (secondary N) is 3. The molecule has 2 aliphatic rings. The lowest BCUT2D eigenvalue weighted by Crippen LogP contribution is -2.30. The Bertz CT molecular complexity index is 1050. The molecule has 1 aromatic carbocycles.